The van der Waals surface area contributed by atoms with Gasteiger partial charge in [-0.2, -0.15) is 0 Å². The first kappa shape index (κ1) is 12.8. The maximum atomic E-state index is 5.98. The molecule has 0 spiro atoms. The van der Waals surface area contributed by atoms with Crippen LogP contribution in [0.2, 0.25) is 5.02 Å². The van der Waals surface area contributed by atoms with E-state index in [-0.39, 0.29) is 0 Å². The summed E-state index contributed by atoms with van der Waals surface area (Å²) in [4.78, 5) is 4.31. The van der Waals surface area contributed by atoms with E-state index in [1.54, 1.807) is 19.4 Å². The number of nitrogens with zero attached hydrogens (tertiary/aromatic N) is 2. The van der Waals surface area contributed by atoms with Crippen LogP contribution < -0.4 is 10.1 Å². The Hall–Kier alpha value is -1.68. The van der Waals surface area contributed by atoms with Gasteiger partial charge in [-0.05, 0) is 25.1 Å². The first-order valence-electron chi connectivity index (χ1n) is 5.82. The standard InChI is InChI=1S/C13H16ClN3O/c1-3-17-7-6-15-13(17)9-16-11-8-10(14)4-5-12(11)18-2/h4-8,16H,3,9H2,1-2H3. The van der Waals surface area contributed by atoms with E-state index in [0.29, 0.717) is 11.6 Å². The van der Waals surface area contributed by atoms with E-state index in [9.17, 15) is 0 Å². The lowest BCUT2D eigenvalue weighted by atomic mass is 10.3. The lowest BCUT2D eigenvalue weighted by molar-refractivity contribution is 0.416. The van der Waals surface area contributed by atoms with E-state index >= 15 is 0 Å². The van der Waals surface area contributed by atoms with Crippen molar-refractivity contribution in [1.29, 1.82) is 0 Å². The topological polar surface area (TPSA) is 39.1 Å². The molecule has 1 N–H and O–H groups in total. The number of rotatable bonds is 5. The molecular weight excluding hydrogens is 250 g/mol. The number of hydrogen-bond donors (Lipinski definition) is 1. The third-order valence-electron chi connectivity index (χ3n) is 2.74. The fraction of sp³-hybridized carbons (Fsp3) is 0.308. The Labute approximate surface area is 112 Å². The summed E-state index contributed by atoms with van der Waals surface area (Å²) in [5.74, 6) is 1.76. The van der Waals surface area contributed by atoms with Gasteiger partial charge in [0.25, 0.3) is 0 Å². The van der Waals surface area contributed by atoms with E-state index in [1.807, 2.05) is 18.3 Å². The minimum absolute atomic E-state index is 0.636. The molecule has 0 saturated carbocycles. The van der Waals surface area contributed by atoms with E-state index < -0.39 is 0 Å². The van der Waals surface area contributed by atoms with Crippen LogP contribution in [0.5, 0.6) is 5.75 Å². The smallest absolute Gasteiger partial charge is 0.142 e. The van der Waals surface area contributed by atoms with Gasteiger partial charge in [0.1, 0.15) is 11.6 Å². The molecule has 96 valence electrons. The number of halogens is 1. The second kappa shape index (κ2) is 5.78. The third-order valence-corrected chi connectivity index (χ3v) is 2.98. The van der Waals surface area contributed by atoms with Crippen LogP contribution in [-0.4, -0.2) is 16.7 Å². The lowest BCUT2D eigenvalue weighted by Gasteiger charge is -2.12. The van der Waals surface area contributed by atoms with Crippen LogP contribution in [0.4, 0.5) is 5.69 Å². The fourth-order valence-corrected chi connectivity index (χ4v) is 1.96. The highest BCUT2D eigenvalue weighted by Crippen LogP contribution is 2.27. The maximum Gasteiger partial charge on any atom is 0.142 e. The Morgan fingerprint density at radius 3 is 3.00 bits per heavy atom. The molecule has 18 heavy (non-hydrogen) atoms. The van der Waals surface area contributed by atoms with Gasteiger partial charge in [-0.3, -0.25) is 0 Å². The number of aryl methyl sites for hydroxylation is 1. The van der Waals surface area contributed by atoms with Crippen molar-refractivity contribution in [3.8, 4) is 5.75 Å². The van der Waals surface area contributed by atoms with Crippen molar-refractivity contribution < 1.29 is 4.74 Å². The molecule has 5 heteroatoms. The highest BCUT2D eigenvalue weighted by Gasteiger charge is 2.05. The number of anilines is 1. The molecule has 0 fully saturated rings. The predicted octanol–water partition coefficient (Wildman–Crippen LogP) is 3.18. The number of hydrogen-bond acceptors (Lipinski definition) is 3. The van der Waals surface area contributed by atoms with Gasteiger partial charge in [0, 0.05) is 24.0 Å². The molecule has 2 aromatic rings. The Bertz CT molecular complexity index is 525. The first-order valence-corrected chi connectivity index (χ1v) is 6.19. The molecule has 0 aliphatic carbocycles. The highest BCUT2D eigenvalue weighted by atomic mass is 35.5. The van der Waals surface area contributed by atoms with Crippen molar-refractivity contribution >= 4 is 17.3 Å². The van der Waals surface area contributed by atoms with Crippen molar-refractivity contribution in [3.05, 3.63) is 41.4 Å². The van der Waals surface area contributed by atoms with Crippen LogP contribution in [0, 0.1) is 0 Å². The van der Waals surface area contributed by atoms with E-state index in [4.69, 9.17) is 16.3 Å². The molecule has 1 heterocycles. The minimum atomic E-state index is 0.636. The number of ether oxygens (including phenoxy) is 1. The van der Waals surface area contributed by atoms with Crippen LogP contribution in [0.3, 0.4) is 0 Å². The second-order valence-electron chi connectivity index (χ2n) is 3.83. The predicted molar refractivity (Wildman–Crippen MR) is 73.2 cm³/mol. The average Bonchev–Trinajstić information content (AvgIpc) is 2.84. The van der Waals surface area contributed by atoms with E-state index in [0.717, 1.165) is 23.8 Å². The Balaban J connectivity index is 2.12. The van der Waals surface area contributed by atoms with Gasteiger partial charge in [0.15, 0.2) is 0 Å². The molecule has 1 aromatic heterocycles. The molecule has 0 radical (unpaired) electrons. The van der Waals surface area contributed by atoms with Gasteiger partial charge in [-0.25, -0.2) is 4.98 Å². The number of nitrogens with one attached hydrogen (secondary N) is 1. The van der Waals surface area contributed by atoms with Crippen LogP contribution >= 0.6 is 11.6 Å². The molecule has 0 amide bonds. The summed E-state index contributed by atoms with van der Waals surface area (Å²) in [5.41, 5.74) is 0.871. The molecular formula is C13H16ClN3O. The normalized spacial score (nSPS) is 10.4. The fourth-order valence-electron chi connectivity index (χ4n) is 1.79. The molecule has 0 aliphatic heterocycles. The summed E-state index contributed by atoms with van der Waals surface area (Å²) in [7, 11) is 1.64. The van der Waals surface area contributed by atoms with Crippen LogP contribution in [0.1, 0.15) is 12.7 Å². The first-order chi connectivity index (χ1) is 8.74. The van der Waals surface area contributed by atoms with Gasteiger partial charge in [0.05, 0.1) is 19.3 Å². The van der Waals surface area contributed by atoms with Gasteiger partial charge in [-0.1, -0.05) is 11.6 Å². The van der Waals surface area contributed by atoms with Crippen molar-refractivity contribution in [2.45, 2.75) is 20.0 Å². The maximum absolute atomic E-state index is 5.98. The summed E-state index contributed by atoms with van der Waals surface area (Å²) in [6.45, 7) is 3.63. The van der Waals surface area contributed by atoms with E-state index in [2.05, 4.69) is 21.8 Å². The zero-order valence-electron chi connectivity index (χ0n) is 10.5. The van der Waals surface area contributed by atoms with Gasteiger partial charge >= 0.3 is 0 Å². The largest absolute Gasteiger partial charge is 0.495 e. The zero-order chi connectivity index (χ0) is 13.0. The van der Waals surface area contributed by atoms with Crippen molar-refractivity contribution in [3.63, 3.8) is 0 Å². The Morgan fingerprint density at radius 1 is 1.44 bits per heavy atom. The van der Waals surface area contributed by atoms with Gasteiger partial charge < -0.3 is 14.6 Å². The van der Waals surface area contributed by atoms with E-state index in [1.165, 1.54) is 0 Å². The summed E-state index contributed by atoms with van der Waals surface area (Å²) < 4.78 is 7.37. The second-order valence-corrected chi connectivity index (χ2v) is 4.26. The third kappa shape index (κ3) is 2.76. The molecule has 4 nitrogen and oxygen atoms in total. The summed E-state index contributed by atoms with van der Waals surface area (Å²) in [6.07, 6.45) is 3.77. The number of benzene rings is 1. The van der Waals surface area contributed by atoms with Gasteiger partial charge in [0.2, 0.25) is 0 Å². The molecule has 0 saturated heterocycles. The monoisotopic (exact) mass is 265 g/mol. The SMILES string of the molecule is CCn1ccnc1CNc1cc(Cl)ccc1OC. The molecule has 0 unspecified atom stereocenters. The van der Waals surface area contributed by atoms with Gasteiger partial charge in [-0.15, -0.1) is 0 Å². The Morgan fingerprint density at radius 2 is 2.28 bits per heavy atom. The molecule has 1 aromatic carbocycles. The van der Waals surface area contributed by atoms with Crippen LogP contribution in [-0.2, 0) is 13.1 Å². The highest BCUT2D eigenvalue weighted by molar-refractivity contribution is 6.30. The average molecular weight is 266 g/mol. The van der Waals surface area contributed by atoms with Crippen molar-refractivity contribution in [2.75, 3.05) is 12.4 Å². The van der Waals surface area contributed by atoms with Crippen molar-refractivity contribution in [2.24, 2.45) is 0 Å². The Kier molecular flexibility index (Phi) is 4.10. The lowest BCUT2D eigenvalue weighted by Crippen LogP contribution is -2.08. The van der Waals surface area contributed by atoms with Crippen molar-refractivity contribution in [1.82, 2.24) is 9.55 Å². The molecule has 2 rings (SSSR count). The summed E-state index contributed by atoms with van der Waals surface area (Å²) in [5, 5.41) is 3.97. The molecule has 0 bridgehead atoms. The molecule has 0 aliphatic rings. The zero-order valence-corrected chi connectivity index (χ0v) is 11.2. The number of methoxy groups -OCH3 is 1. The minimum Gasteiger partial charge on any atom is -0.495 e. The quantitative estimate of drug-likeness (QED) is 0.903. The number of imidazole rings is 1. The van der Waals surface area contributed by atoms with Crippen LogP contribution in [0.15, 0.2) is 30.6 Å². The summed E-state index contributed by atoms with van der Waals surface area (Å²) in [6, 6.07) is 5.50. The van der Waals surface area contributed by atoms with Crippen LogP contribution in [0.25, 0.3) is 0 Å². The number of aromatic nitrogens is 2. The summed E-state index contributed by atoms with van der Waals surface area (Å²) >= 11 is 5.98. The molecule has 0 atom stereocenters.